The molecular weight excluding hydrogens is 366 g/mol. The minimum absolute atomic E-state index is 0.206. The van der Waals surface area contributed by atoms with Gasteiger partial charge in [-0.05, 0) is 50.6 Å². The lowest BCUT2D eigenvalue weighted by Crippen LogP contribution is -2.56. The van der Waals surface area contributed by atoms with Crippen LogP contribution in [0.1, 0.15) is 37.8 Å². The zero-order valence-electron chi connectivity index (χ0n) is 16.6. The van der Waals surface area contributed by atoms with E-state index in [0.717, 1.165) is 53.9 Å². The van der Waals surface area contributed by atoms with Crippen molar-refractivity contribution < 1.29 is 4.74 Å². The van der Waals surface area contributed by atoms with Crippen molar-refractivity contribution in [1.82, 2.24) is 29.9 Å². The van der Waals surface area contributed by atoms with Crippen LogP contribution in [0, 0.1) is 5.92 Å². The van der Waals surface area contributed by atoms with Crippen LogP contribution in [0.5, 0.6) is 5.75 Å². The summed E-state index contributed by atoms with van der Waals surface area (Å²) in [5.74, 6) is 2.38. The first-order valence-electron chi connectivity index (χ1n) is 10.5. The second-order valence-corrected chi connectivity index (χ2v) is 8.69. The first-order chi connectivity index (χ1) is 14.2. The van der Waals surface area contributed by atoms with E-state index in [-0.39, 0.29) is 5.41 Å². The molecule has 0 spiro atoms. The summed E-state index contributed by atoms with van der Waals surface area (Å²) in [6, 6.07) is 4.28. The third-order valence-electron chi connectivity index (χ3n) is 6.77. The summed E-state index contributed by atoms with van der Waals surface area (Å²) >= 11 is 0. The van der Waals surface area contributed by atoms with Gasteiger partial charge in [0.25, 0.3) is 0 Å². The van der Waals surface area contributed by atoms with Crippen LogP contribution < -0.4 is 15.4 Å². The van der Waals surface area contributed by atoms with Crippen LogP contribution in [0.4, 0.5) is 5.95 Å². The highest BCUT2D eigenvalue weighted by Gasteiger charge is 2.59. The number of methoxy groups -OCH3 is 1. The number of fused-ring (bicyclic) bond motifs is 1. The molecule has 7 rings (SSSR count). The summed E-state index contributed by atoms with van der Waals surface area (Å²) in [5, 5.41) is 11.9. The molecule has 1 saturated heterocycles. The zero-order chi connectivity index (χ0) is 19.4. The molecule has 0 radical (unpaired) electrons. The SMILES string of the molecule is COc1cc2ncc(-c3ccnc(NC4CCCNC4)n3)n2nc1C12CC(C1)C2. The van der Waals surface area contributed by atoms with E-state index >= 15 is 0 Å². The summed E-state index contributed by atoms with van der Waals surface area (Å²) in [7, 11) is 1.72. The van der Waals surface area contributed by atoms with Crippen LogP contribution >= 0.6 is 0 Å². The molecule has 3 aliphatic carbocycles. The molecule has 3 saturated carbocycles. The van der Waals surface area contributed by atoms with Gasteiger partial charge in [0.1, 0.15) is 17.1 Å². The van der Waals surface area contributed by atoms with Crippen molar-refractivity contribution in [2.24, 2.45) is 5.92 Å². The fourth-order valence-corrected chi connectivity index (χ4v) is 5.09. The van der Waals surface area contributed by atoms with Gasteiger partial charge < -0.3 is 15.4 Å². The van der Waals surface area contributed by atoms with Crippen LogP contribution in [0.25, 0.3) is 17.0 Å². The zero-order valence-corrected chi connectivity index (χ0v) is 16.6. The van der Waals surface area contributed by atoms with Crippen LogP contribution in [0.15, 0.2) is 24.5 Å². The Morgan fingerprint density at radius 1 is 1.28 bits per heavy atom. The van der Waals surface area contributed by atoms with Gasteiger partial charge in [-0.3, -0.25) is 0 Å². The summed E-state index contributed by atoms with van der Waals surface area (Å²) in [4.78, 5) is 13.7. The Hall–Kier alpha value is -2.74. The highest BCUT2D eigenvalue weighted by molar-refractivity contribution is 5.62. The fraction of sp³-hybridized carbons (Fsp3) is 0.524. The summed E-state index contributed by atoms with van der Waals surface area (Å²) in [6.45, 7) is 2.03. The highest BCUT2D eigenvalue weighted by atomic mass is 16.5. The predicted molar refractivity (Wildman–Crippen MR) is 109 cm³/mol. The van der Waals surface area contributed by atoms with E-state index in [9.17, 15) is 0 Å². The van der Waals surface area contributed by atoms with Crippen LogP contribution in [-0.4, -0.2) is 50.8 Å². The average Bonchev–Trinajstić information content (AvgIpc) is 3.09. The molecule has 2 bridgehead atoms. The normalized spacial score (nSPS) is 27.9. The van der Waals surface area contributed by atoms with Gasteiger partial charge in [-0.1, -0.05) is 0 Å². The molecule has 4 heterocycles. The number of aromatic nitrogens is 5. The van der Waals surface area contributed by atoms with E-state index in [0.29, 0.717) is 12.0 Å². The van der Waals surface area contributed by atoms with Crippen molar-refractivity contribution in [3.63, 3.8) is 0 Å². The average molecular weight is 391 g/mol. The maximum atomic E-state index is 5.66. The molecule has 1 unspecified atom stereocenters. The number of imidazole rings is 1. The molecule has 0 aromatic carbocycles. The third-order valence-corrected chi connectivity index (χ3v) is 6.77. The Balaban J connectivity index is 1.37. The highest BCUT2D eigenvalue weighted by Crippen LogP contribution is 2.66. The maximum Gasteiger partial charge on any atom is 0.223 e. The molecule has 0 amide bonds. The standard InChI is InChI=1S/C21H25N7O/c1-29-17-7-18-24-12-16(28(18)27-19(17)21-8-13(9-21)10-21)15-4-6-23-20(26-15)25-14-3-2-5-22-11-14/h4,6-7,12-14,22H,2-3,5,8-11H2,1H3,(H,23,25,26). The Bertz CT molecular complexity index is 1060. The number of nitrogens with zero attached hydrogens (tertiary/aromatic N) is 5. The second-order valence-electron chi connectivity index (χ2n) is 8.69. The van der Waals surface area contributed by atoms with Crippen molar-refractivity contribution in [2.45, 2.75) is 43.6 Å². The van der Waals surface area contributed by atoms with Gasteiger partial charge in [0.2, 0.25) is 5.95 Å². The fourth-order valence-electron chi connectivity index (χ4n) is 5.09. The lowest BCUT2D eigenvalue weighted by molar-refractivity contribution is -0.0333. The number of hydrogen-bond donors (Lipinski definition) is 2. The van der Waals surface area contributed by atoms with Gasteiger partial charge in [-0.15, -0.1) is 0 Å². The van der Waals surface area contributed by atoms with E-state index in [1.54, 1.807) is 13.3 Å². The van der Waals surface area contributed by atoms with E-state index < -0.39 is 0 Å². The number of anilines is 1. The number of piperidine rings is 1. The number of hydrogen-bond acceptors (Lipinski definition) is 7. The van der Waals surface area contributed by atoms with E-state index in [1.807, 2.05) is 22.8 Å². The van der Waals surface area contributed by atoms with E-state index in [1.165, 1.54) is 25.7 Å². The second kappa shape index (κ2) is 6.38. The van der Waals surface area contributed by atoms with Gasteiger partial charge in [-0.25, -0.2) is 19.5 Å². The number of ether oxygens (including phenoxy) is 1. The van der Waals surface area contributed by atoms with E-state index in [4.69, 9.17) is 14.8 Å². The van der Waals surface area contributed by atoms with Gasteiger partial charge in [-0.2, -0.15) is 5.10 Å². The molecule has 29 heavy (non-hydrogen) atoms. The lowest BCUT2D eigenvalue weighted by Gasteiger charge is -2.61. The molecule has 1 atom stereocenters. The van der Waals surface area contributed by atoms with Crippen LogP contribution in [-0.2, 0) is 5.41 Å². The minimum Gasteiger partial charge on any atom is -0.495 e. The molecule has 1 aliphatic heterocycles. The van der Waals surface area contributed by atoms with Gasteiger partial charge >= 0.3 is 0 Å². The largest absolute Gasteiger partial charge is 0.495 e. The molecular formula is C21H25N7O. The van der Waals surface area contributed by atoms with E-state index in [2.05, 4.69) is 20.6 Å². The van der Waals surface area contributed by atoms with Crippen molar-refractivity contribution in [3.05, 3.63) is 30.2 Å². The van der Waals surface area contributed by atoms with Gasteiger partial charge in [0.15, 0.2) is 5.65 Å². The molecule has 150 valence electrons. The molecule has 4 fully saturated rings. The summed E-state index contributed by atoms with van der Waals surface area (Å²) in [6.07, 6.45) is 9.61. The topological polar surface area (TPSA) is 89.3 Å². The molecule has 4 aliphatic rings. The first kappa shape index (κ1) is 17.1. The quantitative estimate of drug-likeness (QED) is 0.690. The molecule has 3 aromatic heterocycles. The third kappa shape index (κ3) is 2.69. The van der Waals surface area contributed by atoms with Gasteiger partial charge in [0, 0.05) is 30.3 Å². The van der Waals surface area contributed by atoms with Crippen LogP contribution in [0.3, 0.4) is 0 Å². The number of rotatable bonds is 5. The van der Waals surface area contributed by atoms with Crippen LogP contribution in [0.2, 0.25) is 0 Å². The van der Waals surface area contributed by atoms with Crippen molar-refractivity contribution in [3.8, 4) is 17.1 Å². The number of nitrogens with one attached hydrogen (secondary N) is 2. The Morgan fingerprint density at radius 2 is 2.17 bits per heavy atom. The smallest absolute Gasteiger partial charge is 0.223 e. The molecule has 8 heteroatoms. The van der Waals surface area contributed by atoms with Crippen molar-refractivity contribution >= 4 is 11.6 Å². The maximum absolute atomic E-state index is 5.66. The Morgan fingerprint density at radius 3 is 2.90 bits per heavy atom. The molecule has 2 N–H and O–H groups in total. The lowest BCUT2D eigenvalue weighted by atomic mass is 9.43. The Kier molecular flexibility index (Phi) is 3.77. The minimum atomic E-state index is 0.206. The first-order valence-corrected chi connectivity index (χ1v) is 10.5. The van der Waals surface area contributed by atoms with Crippen molar-refractivity contribution in [2.75, 3.05) is 25.5 Å². The Labute approximate surface area is 169 Å². The van der Waals surface area contributed by atoms with Gasteiger partial charge in [0.05, 0.1) is 19.0 Å². The summed E-state index contributed by atoms with van der Waals surface area (Å²) in [5.41, 5.74) is 3.74. The molecule has 8 nitrogen and oxygen atoms in total. The summed E-state index contributed by atoms with van der Waals surface area (Å²) < 4.78 is 7.57. The molecule has 3 aromatic rings. The monoisotopic (exact) mass is 391 g/mol. The van der Waals surface area contributed by atoms with Crippen molar-refractivity contribution in [1.29, 1.82) is 0 Å². The predicted octanol–water partition coefficient (Wildman–Crippen LogP) is 2.41.